The molecule has 2 amide bonds. The third kappa shape index (κ3) is 9.23. The van der Waals surface area contributed by atoms with Crippen LogP contribution in [0.25, 0.3) is 0 Å². The van der Waals surface area contributed by atoms with Crippen molar-refractivity contribution in [3.05, 3.63) is 95.3 Å². The summed E-state index contributed by atoms with van der Waals surface area (Å²) >= 11 is 4.48. The van der Waals surface area contributed by atoms with Gasteiger partial charge in [-0.1, -0.05) is 35.9 Å². The highest BCUT2D eigenvalue weighted by molar-refractivity contribution is 14.1. The van der Waals surface area contributed by atoms with Gasteiger partial charge in [0.25, 0.3) is 0 Å². The maximum atomic E-state index is 12.5. The number of amides is 2. The number of carbonyl (C=O) groups excluding carboxylic acids is 2. The van der Waals surface area contributed by atoms with E-state index in [0.717, 1.165) is 24.0 Å². The van der Waals surface area contributed by atoms with E-state index in [1.54, 1.807) is 31.3 Å². The zero-order chi connectivity index (χ0) is 32.5. The zero-order valence-corrected chi connectivity index (χ0v) is 29.5. The van der Waals surface area contributed by atoms with Crippen LogP contribution < -0.4 is 30.3 Å². The van der Waals surface area contributed by atoms with Gasteiger partial charge in [-0.05, 0) is 107 Å². The van der Waals surface area contributed by atoms with E-state index < -0.39 is 24.3 Å². The lowest BCUT2D eigenvalue weighted by Gasteiger charge is -2.28. The number of allylic oxidation sites excluding steroid dienone is 1. The molecule has 0 aromatic heterocycles. The second-order valence-corrected chi connectivity index (χ2v) is 12.3. The van der Waals surface area contributed by atoms with Gasteiger partial charge in [-0.15, -0.1) is 0 Å². The summed E-state index contributed by atoms with van der Waals surface area (Å²) in [6.45, 7) is 6.20. The number of nitrogens with one attached hydrogen (secondary N) is 3. The summed E-state index contributed by atoms with van der Waals surface area (Å²) in [6.07, 6.45) is 0.491. The van der Waals surface area contributed by atoms with Gasteiger partial charge in [0.2, 0.25) is 0 Å². The fraction of sp³-hybridized carbons (Fsp3) is 0.281. The number of nitrogens with zero attached hydrogens (tertiary/aromatic N) is 1. The Morgan fingerprint density at radius 3 is 2.51 bits per heavy atom. The summed E-state index contributed by atoms with van der Waals surface area (Å²) < 4.78 is 24.5. The Kier molecular flexibility index (Phi) is 12.3. The van der Waals surface area contributed by atoms with Crippen molar-refractivity contribution in [2.45, 2.75) is 39.6 Å². The molecule has 1 aliphatic heterocycles. The highest BCUT2D eigenvalue weighted by atomic mass is 127. The average Bonchev–Trinajstić information content (AvgIpc) is 2.99. The monoisotopic (exact) mass is 840 g/mol. The van der Waals surface area contributed by atoms with Crippen molar-refractivity contribution in [2.75, 3.05) is 20.3 Å². The molecule has 4 rings (SSSR count). The van der Waals surface area contributed by atoms with Gasteiger partial charge >= 0.3 is 12.0 Å². The highest BCUT2D eigenvalue weighted by Crippen LogP contribution is 2.35. The van der Waals surface area contributed by atoms with Crippen LogP contribution in [-0.2, 0) is 16.1 Å². The molecular formula is C32H34I2N4O7. The van der Waals surface area contributed by atoms with Crippen LogP contribution in [0.4, 0.5) is 4.79 Å². The maximum absolute atomic E-state index is 12.5. The van der Waals surface area contributed by atoms with Crippen molar-refractivity contribution < 1.29 is 33.6 Å². The summed E-state index contributed by atoms with van der Waals surface area (Å²) in [7, 11) is 1.28. The Hall–Kier alpha value is -3.57. The van der Waals surface area contributed by atoms with Crippen molar-refractivity contribution in [3.63, 3.8) is 0 Å². The second-order valence-electron chi connectivity index (χ2n) is 10.0. The first-order chi connectivity index (χ1) is 21.6. The summed E-state index contributed by atoms with van der Waals surface area (Å²) in [5.41, 5.74) is 7.07. The van der Waals surface area contributed by atoms with Crippen molar-refractivity contribution in [1.29, 1.82) is 0 Å². The normalized spacial score (nSPS) is 15.3. The summed E-state index contributed by atoms with van der Waals surface area (Å²) in [4.78, 5) is 24.6. The van der Waals surface area contributed by atoms with Crippen LogP contribution in [0.15, 0.2) is 71.0 Å². The molecule has 0 fully saturated rings. The van der Waals surface area contributed by atoms with E-state index in [2.05, 4.69) is 85.4 Å². The van der Waals surface area contributed by atoms with Crippen LogP contribution in [-0.4, -0.2) is 49.9 Å². The minimum atomic E-state index is -1.12. The van der Waals surface area contributed by atoms with Crippen LogP contribution >= 0.6 is 45.2 Å². The van der Waals surface area contributed by atoms with E-state index in [1.807, 2.05) is 31.2 Å². The molecule has 3 aromatic carbocycles. The number of ether oxygens (including phenoxy) is 4. The molecule has 13 heteroatoms. The number of carbonyl (C=O) groups is 2. The molecule has 1 heterocycles. The Morgan fingerprint density at radius 1 is 1.07 bits per heavy atom. The van der Waals surface area contributed by atoms with E-state index >= 15 is 0 Å². The molecule has 0 saturated carbocycles. The number of halogens is 2. The van der Waals surface area contributed by atoms with Crippen molar-refractivity contribution in [3.8, 4) is 17.2 Å². The van der Waals surface area contributed by atoms with Crippen molar-refractivity contribution in [2.24, 2.45) is 5.10 Å². The van der Waals surface area contributed by atoms with Gasteiger partial charge in [0.15, 0.2) is 17.7 Å². The summed E-state index contributed by atoms with van der Waals surface area (Å²) in [6, 6.07) is 16.0. The predicted molar refractivity (Wildman–Crippen MR) is 186 cm³/mol. The molecule has 3 aromatic rings. The van der Waals surface area contributed by atoms with Gasteiger partial charge in [0, 0.05) is 5.70 Å². The van der Waals surface area contributed by atoms with Gasteiger partial charge < -0.3 is 34.7 Å². The molecule has 2 atom stereocenters. The molecule has 4 N–H and O–H groups in total. The lowest BCUT2D eigenvalue weighted by molar-refractivity contribution is -0.136. The zero-order valence-electron chi connectivity index (χ0n) is 25.1. The molecule has 0 bridgehead atoms. The molecule has 0 spiro atoms. The number of aryl methyl sites for hydroxylation is 1. The third-order valence-corrected chi connectivity index (χ3v) is 8.20. The first-order valence-corrected chi connectivity index (χ1v) is 16.2. The van der Waals surface area contributed by atoms with Crippen molar-refractivity contribution in [1.82, 2.24) is 16.1 Å². The van der Waals surface area contributed by atoms with Crippen LogP contribution in [0.3, 0.4) is 0 Å². The number of urea groups is 1. The van der Waals surface area contributed by atoms with E-state index in [1.165, 1.54) is 12.7 Å². The Labute approximate surface area is 289 Å². The first-order valence-electron chi connectivity index (χ1n) is 14.0. The Morgan fingerprint density at radius 2 is 1.82 bits per heavy atom. The lowest BCUT2D eigenvalue weighted by atomic mass is 9.95. The number of hydrazone groups is 1. The number of aliphatic hydroxyl groups is 1. The first kappa shape index (κ1) is 34.3. The predicted octanol–water partition coefficient (Wildman–Crippen LogP) is 5.30. The van der Waals surface area contributed by atoms with Gasteiger partial charge in [-0.2, -0.15) is 5.10 Å². The molecule has 11 nitrogen and oxygen atoms in total. The maximum Gasteiger partial charge on any atom is 0.337 e. The number of hydrogen-bond acceptors (Lipinski definition) is 9. The summed E-state index contributed by atoms with van der Waals surface area (Å²) in [5.74, 6) is 0.998. The average molecular weight is 840 g/mol. The van der Waals surface area contributed by atoms with E-state index in [0.29, 0.717) is 36.0 Å². The SMILES string of the molecule is CCOc1cc([C@@H]2NC(=O)NC(C)=C2C(=O)OC)ccc1OC[C@@H](O)N/N=C\c1cc(I)c(OCc2cccc(C)c2)c(I)c1. The number of esters is 1. The second kappa shape index (κ2) is 16.1. The number of aliphatic hydroxyl groups excluding tert-OH is 1. The van der Waals surface area contributed by atoms with Crippen LogP contribution in [0.5, 0.6) is 17.2 Å². The van der Waals surface area contributed by atoms with E-state index in [-0.39, 0.29) is 12.2 Å². The van der Waals surface area contributed by atoms with E-state index in [4.69, 9.17) is 18.9 Å². The minimum absolute atomic E-state index is 0.131. The number of benzene rings is 3. The lowest BCUT2D eigenvalue weighted by Crippen LogP contribution is -2.45. The molecule has 0 radical (unpaired) electrons. The van der Waals surface area contributed by atoms with Crippen LogP contribution in [0, 0.1) is 14.1 Å². The fourth-order valence-electron chi connectivity index (χ4n) is 4.57. The number of rotatable bonds is 13. The fourth-order valence-corrected chi connectivity index (χ4v) is 6.70. The third-order valence-electron chi connectivity index (χ3n) is 6.60. The van der Waals surface area contributed by atoms with Gasteiger partial charge in [-0.25, -0.2) is 9.59 Å². The molecule has 0 unspecified atom stereocenters. The minimum Gasteiger partial charge on any atom is -0.490 e. The smallest absolute Gasteiger partial charge is 0.337 e. The van der Waals surface area contributed by atoms with Gasteiger partial charge in [0.1, 0.15) is 19.0 Å². The van der Waals surface area contributed by atoms with Crippen LogP contribution in [0.2, 0.25) is 0 Å². The van der Waals surface area contributed by atoms with E-state index in [9.17, 15) is 14.7 Å². The quantitative estimate of drug-likeness (QED) is 0.0599. The van der Waals surface area contributed by atoms with Gasteiger partial charge in [-0.3, -0.25) is 5.43 Å². The number of methoxy groups -OCH3 is 1. The topological polar surface area (TPSA) is 140 Å². The molecule has 45 heavy (non-hydrogen) atoms. The largest absolute Gasteiger partial charge is 0.490 e. The summed E-state index contributed by atoms with van der Waals surface area (Å²) in [5, 5.41) is 20.0. The molecule has 0 saturated heterocycles. The molecular weight excluding hydrogens is 806 g/mol. The highest BCUT2D eigenvalue weighted by Gasteiger charge is 2.32. The van der Waals surface area contributed by atoms with Gasteiger partial charge in [0.05, 0.1) is 38.7 Å². The standard InChI is InChI=1S/C32H34I2N4O7/c1-5-43-26-14-22(29-28(31(40)42-4)19(3)36-32(41)37-29)9-10-25(26)44-17-27(39)38-35-15-21-12-23(33)30(24(34)13-21)45-16-20-8-6-7-18(2)11-20/h6-15,27,29,38-39H,5,16-17H2,1-4H3,(H2,36,37,41)/b35-15-/t27-,29+/m1/s1. The van der Waals surface area contributed by atoms with Crippen molar-refractivity contribution >= 4 is 63.4 Å². The molecule has 0 aliphatic carbocycles. The Bertz CT molecular complexity index is 1590. The molecule has 238 valence electrons. The molecule has 1 aliphatic rings. The van der Waals surface area contributed by atoms with Crippen LogP contribution in [0.1, 0.15) is 42.1 Å². The Balaban J connectivity index is 1.37. The number of hydrogen-bond donors (Lipinski definition) is 4.